The first-order valence-electron chi connectivity index (χ1n) is 7.86. The monoisotopic (exact) mass is 355 g/mol. The second kappa shape index (κ2) is 6.98. The molecule has 6 nitrogen and oxygen atoms in total. The van der Waals surface area contributed by atoms with Crippen molar-refractivity contribution in [2.45, 2.75) is 26.8 Å². The Morgan fingerprint density at radius 3 is 2.80 bits per heavy atom. The lowest BCUT2D eigenvalue weighted by molar-refractivity contribution is -0.116. The van der Waals surface area contributed by atoms with Crippen molar-refractivity contribution in [1.29, 1.82) is 0 Å². The molecule has 2 aromatic heterocycles. The van der Waals surface area contributed by atoms with E-state index in [-0.39, 0.29) is 23.8 Å². The van der Waals surface area contributed by atoms with Gasteiger partial charge in [0, 0.05) is 16.1 Å². The first kappa shape index (κ1) is 17.0. The summed E-state index contributed by atoms with van der Waals surface area (Å²) in [6.07, 6.45) is 2.24. The topological polar surface area (TPSA) is 81.1 Å². The molecule has 0 aliphatic carbocycles. The number of fused-ring (bicyclic) bond motifs is 1. The number of hydrogen-bond donors (Lipinski definition) is 1. The van der Waals surface area contributed by atoms with Crippen molar-refractivity contribution in [3.63, 3.8) is 0 Å². The van der Waals surface area contributed by atoms with Crippen molar-refractivity contribution < 1.29 is 9.59 Å². The van der Waals surface area contributed by atoms with Gasteiger partial charge in [-0.05, 0) is 31.5 Å². The van der Waals surface area contributed by atoms with Gasteiger partial charge in [0.2, 0.25) is 5.91 Å². The third kappa shape index (κ3) is 3.66. The van der Waals surface area contributed by atoms with Gasteiger partial charge in [0.1, 0.15) is 11.4 Å². The summed E-state index contributed by atoms with van der Waals surface area (Å²) >= 11 is 1.49. The zero-order valence-corrected chi connectivity index (χ0v) is 14.7. The second-order valence-electron chi connectivity index (χ2n) is 5.65. The smallest absolute Gasteiger partial charge is 0.262 e. The van der Waals surface area contributed by atoms with Gasteiger partial charge in [-0.3, -0.25) is 19.0 Å². The molecule has 25 heavy (non-hydrogen) atoms. The Morgan fingerprint density at radius 1 is 1.28 bits per heavy atom. The molecule has 0 fully saturated rings. The second-order valence-corrected chi connectivity index (χ2v) is 6.76. The van der Waals surface area contributed by atoms with Crippen LogP contribution >= 0.6 is 11.3 Å². The molecule has 0 aliphatic rings. The minimum atomic E-state index is -0.352. The van der Waals surface area contributed by atoms with Crippen molar-refractivity contribution in [3.8, 4) is 0 Å². The third-order valence-corrected chi connectivity index (χ3v) is 4.97. The molecule has 3 rings (SSSR count). The highest BCUT2D eigenvalue weighted by Gasteiger charge is 2.11. The van der Waals surface area contributed by atoms with Crippen molar-refractivity contribution >= 4 is 38.9 Å². The molecule has 128 valence electrons. The van der Waals surface area contributed by atoms with Gasteiger partial charge in [-0.25, -0.2) is 4.98 Å². The van der Waals surface area contributed by atoms with Gasteiger partial charge < -0.3 is 5.32 Å². The summed E-state index contributed by atoms with van der Waals surface area (Å²) in [5, 5.41) is 3.24. The maximum atomic E-state index is 12.5. The Hall–Kier alpha value is -2.80. The molecule has 2 heterocycles. The molecule has 0 spiro atoms. The van der Waals surface area contributed by atoms with Crippen LogP contribution in [0.5, 0.6) is 0 Å². The zero-order valence-electron chi connectivity index (χ0n) is 13.9. The summed E-state index contributed by atoms with van der Waals surface area (Å²) in [7, 11) is 0. The van der Waals surface area contributed by atoms with E-state index in [9.17, 15) is 14.4 Å². The van der Waals surface area contributed by atoms with E-state index in [0.29, 0.717) is 21.5 Å². The molecule has 0 aliphatic heterocycles. The highest BCUT2D eigenvalue weighted by atomic mass is 32.1. The minimum absolute atomic E-state index is 0.0776. The van der Waals surface area contributed by atoms with Gasteiger partial charge in [0.25, 0.3) is 5.56 Å². The SMILES string of the molecule is CCc1cc2c(=O)n(CC(=O)Nc3cccc(C(C)=O)c3)cnc2s1. The molecular weight excluding hydrogens is 338 g/mol. The molecule has 0 saturated heterocycles. The van der Waals surface area contributed by atoms with Gasteiger partial charge in [-0.15, -0.1) is 11.3 Å². The van der Waals surface area contributed by atoms with Gasteiger partial charge in [0.05, 0.1) is 11.7 Å². The van der Waals surface area contributed by atoms with Crippen LogP contribution in [0.1, 0.15) is 29.1 Å². The number of thiophene rings is 1. The molecular formula is C18H17N3O3S. The van der Waals surface area contributed by atoms with E-state index in [0.717, 1.165) is 11.3 Å². The van der Waals surface area contributed by atoms with E-state index in [1.165, 1.54) is 29.2 Å². The summed E-state index contributed by atoms with van der Waals surface area (Å²) in [5.41, 5.74) is 0.806. The first-order chi connectivity index (χ1) is 12.0. The fraction of sp³-hybridized carbons (Fsp3) is 0.222. The Bertz CT molecular complexity index is 1020. The number of nitrogens with zero attached hydrogens (tertiary/aromatic N) is 2. The number of hydrogen-bond acceptors (Lipinski definition) is 5. The lowest BCUT2D eigenvalue weighted by Crippen LogP contribution is -2.27. The van der Waals surface area contributed by atoms with Crippen LogP contribution in [0.4, 0.5) is 5.69 Å². The molecule has 3 aromatic rings. The first-order valence-corrected chi connectivity index (χ1v) is 8.68. The highest BCUT2D eigenvalue weighted by Crippen LogP contribution is 2.21. The Balaban J connectivity index is 1.80. The summed E-state index contributed by atoms with van der Waals surface area (Å²) < 4.78 is 1.29. The number of anilines is 1. The molecule has 0 unspecified atom stereocenters. The zero-order chi connectivity index (χ0) is 18.0. The summed E-state index contributed by atoms with van der Waals surface area (Å²) in [6, 6.07) is 8.52. The van der Waals surface area contributed by atoms with Crippen molar-refractivity contribution in [2.24, 2.45) is 0 Å². The van der Waals surface area contributed by atoms with Crippen LogP contribution in [-0.4, -0.2) is 21.2 Å². The molecule has 1 aromatic carbocycles. The molecule has 0 radical (unpaired) electrons. The van der Waals surface area contributed by atoms with Crippen molar-refractivity contribution in [3.05, 3.63) is 57.5 Å². The van der Waals surface area contributed by atoms with E-state index >= 15 is 0 Å². The summed E-state index contributed by atoms with van der Waals surface area (Å²) in [5.74, 6) is -0.430. The van der Waals surface area contributed by atoms with Gasteiger partial charge >= 0.3 is 0 Å². The lowest BCUT2D eigenvalue weighted by atomic mass is 10.1. The summed E-state index contributed by atoms with van der Waals surface area (Å²) in [4.78, 5) is 42.2. The fourth-order valence-corrected chi connectivity index (χ4v) is 3.39. The quantitative estimate of drug-likeness (QED) is 0.714. The molecule has 1 amide bonds. The number of nitrogens with one attached hydrogen (secondary N) is 1. The Kier molecular flexibility index (Phi) is 4.76. The number of carbonyl (C=O) groups is 2. The molecule has 1 N–H and O–H groups in total. The van der Waals surface area contributed by atoms with Crippen molar-refractivity contribution in [2.75, 3.05) is 5.32 Å². The number of ketones is 1. The van der Waals surface area contributed by atoms with E-state index in [4.69, 9.17) is 0 Å². The van der Waals surface area contributed by atoms with Crippen LogP contribution in [0.2, 0.25) is 0 Å². The average Bonchev–Trinajstić information content (AvgIpc) is 3.02. The molecule has 0 saturated carbocycles. The largest absolute Gasteiger partial charge is 0.325 e. The standard InChI is InChI=1S/C18H17N3O3S/c1-3-14-8-15-17(25-14)19-10-21(18(15)24)9-16(23)20-13-6-4-5-12(7-13)11(2)22/h4-8,10H,3,9H2,1-2H3,(H,20,23). The van der Waals surface area contributed by atoms with Gasteiger partial charge in [-0.2, -0.15) is 0 Å². The number of amides is 1. The lowest BCUT2D eigenvalue weighted by Gasteiger charge is -2.08. The predicted molar refractivity (Wildman–Crippen MR) is 98.3 cm³/mol. The fourth-order valence-electron chi connectivity index (χ4n) is 2.47. The Morgan fingerprint density at radius 2 is 2.08 bits per heavy atom. The van der Waals surface area contributed by atoms with Crippen LogP contribution in [0.15, 0.2) is 41.5 Å². The minimum Gasteiger partial charge on any atom is -0.325 e. The number of aryl methyl sites for hydroxylation is 1. The van der Waals surface area contributed by atoms with E-state index in [1.54, 1.807) is 24.3 Å². The average molecular weight is 355 g/mol. The highest BCUT2D eigenvalue weighted by molar-refractivity contribution is 7.18. The van der Waals surface area contributed by atoms with Crippen LogP contribution in [0, 0.1) is 0 Å². The molecule has 7 heteroatoms. The number of aromatic nitrogens is 2. The number of Topliss-reactive ketones (excluding diaryl/α,β-unsaturated/α-hetero) is 1. The maximum Gasteiger partial charge on any atom is 0.262 e. The normalized spacial score (nSPS) is 10.8. The third-order valence-electron chi connectivity index (χ3n) is 3.78. The number of rotatable bonds is 5. The van der Waals surface area contributed by atoms with Gasteiger partial charge in [-0.1, -0.05) is 19.1 Å². The van der Waals surface area contributed by atoms with Crippen LogP contribution in [0.3, 0.4) is 0 Å². The number of carbonyl (C=O) groups excluding carboxylic acids is 2. The van der Waals surface area contributed by atoms with Crippen molar-refractivity contribution in [1.82, 2.24) is 9.55 Å². The van der Waals surface area contributed by atoms with E-state index in [1.807, 2.05) is 13.0 Å². The number of benzene rings is 1. The van der Waals surface area contributed by atoms with Crippen LogP contribution in [0.25, 0.3) is 10.2 Å². The maximum absolute atomic E-state index is 12.5. The van der Waals surface area contributed by atoms with Crippen LogP contribution < -0.4 is 10.9 Å². The molecule has 0 bridgehead atoms. The molecule has 0 atom stereocenters. The van der Waals surface area contributed by atoms with E-state index in [2.05, 4.69) is 10.3 Å². The Labute approximate surface area is 148 Å². The predicted octanol–water partition coefficient (Wildman–Crippen LogP) is 2.86. The van der Waals surface area contributed by atoms with Crippen LogP contribution in [-0.2, 0) is 17.8 Å². The van der Waals surface area contributed by atoms with Gasteiger partial charge in [0.15, 0.2) is 5.78 Å². The summed E-state index contributed by atoms with van der Waals surface area (Å²) in [6.45, 7) is 3.35. The van der Waals surface area contributed by atoms with E-state index < -0.39 is 0 Å².